The summed E-state index contributed by atoms with van der Waals surface area (Å²) in [5.74, 6) is -0.729. The van der Waals surface area contributed by atoms with Crippen molar-refractivity contribution in [2.45, 2.75) is 29.8 Å². The molecule has 92 valence electrons. The van der Waals surface area contributed by atoms with Crippen molar-refractivity contribution in [3.8, 4) is 0 Å². The zero-order valence-corrected chi connectivity index (χ0v) is 10.0. The maximum Gasteiger partial charge on any atom is 0.321 e. The fourth-order valence-corrected chi connectivity index (χ4v) is 2.43. The van der Waals surface area contributed by atoms with Crippen LogP contribution in [0.4, 0.5) is 4.39 Å². The summed E-state index contributed by atoms with van der Waals surface area (Å²) in [5, 5.41) is 12.1. The van der Waals surface area contributed by atoms with Crippen LogP contribution in [-0.2, 0) is 4.79 Å². The van der Waals surface area contributed by atoms with Gasteiger partial charge in [0.1, 0.15) is 11.9 Å². The molecule has 5 heteroatoms. The standard InChI is InChI=1S/C12H14FNO2S/c13-8-2-1-3-10(6-8)17-7-11(12(15)16)14-9-4-5-9/h1-3,6,9,11,14H,4-5,7H2,(H,15,16). The van der Waals surface area contributed by atoms with Crippen LogP contribution in [0.15, 0.2) is 29.2 Å². The van der Waals surface area contributed by atoms with Crippen molar-refractivity contribution >= 4 is 17.7 Å². The van der Waals surface area contributed by atoms with Crippen LogP contribution in [0.2, 0.25) is 0 Å². The predicted octanol–water partition coefficient (Wildman–Crippen LogP) is 2.12. The maximum absolute atomic E-state index is 12.9. The zero-order chi connectivity index (χ0) is 12.3. The van der Waals surface area contributed by atoms with Gasteiger partial charge in [0.2, 0.25) is 0 Å². The average molecular weight is 255 g/mol. The number of carbonyl (C=O) groups is 1. The van der Waals surface area contributed by atoms with Gasteiger partial charge in [-0.25, -0.2) is 4.39 Å². The Kier molecular flexibility index (Phi) is 4.02. The fourth-order valence-electron chi connectivity index (χ4n) is 1.46. The zero-order valence-electron chi connectivity index (χ0n) is 9.23. The van der Waals surface area contributed by atoms with Gasteiger partial charge in [0.15, 0.2) is 0 Å². The molecule has 1 aliphatic carbocycles. The van der Waals surface area contributed by atoms with Crippen LogP contribution < -0.4 is 5.32 Å². The number of carboxylic acid groups (broad SMARTS) is 1. The predicted molar refractivity (Wildman–Crippen MR) is 64.7 cm³/mol. The summed E-state index contributed by atoms with van der Waals surface area (Å²) in [6.07, 6.45) is 2.10. The van der Waals surface area contributed by atoms with E-state index in [1.54, 1.807) is 12.1 Å². The van der Waals surface area contributed by atoms with Crippen molar-refractivity contribution in [1.82, 2.24) is 5.32 Å². The third-order valence-electron chi connectivity index (χ3n) is 2.53. The Morgan fingerprint density at radius 3 is 2.94 bits per heavy atom. The molecular formula is C12H14FNO2S. The highest BCUT2D eigenvalue weighted by atomic mass is 32.2. The molecule has 1 unspecified atom stereocenters. The van der Waals surface area contributed by atoms with E-state index in [4.69, 9.17) is 5.11 Å². The van der Waals surface area contributed by atoms with Gasteiger partial charge in [0.05, 0.1) is 0 Å². The molecular weight excluding hydrogens is 241 g/mol. The maximum atomic E-state index is 12.9. The molecule has 2 rings (SSSR count). The fraction of sp³-hybridized carbons (Fsp3) is 0.417. The van der Waals surface area contributed by atoms with E-state index >= 15 is 0 Å². The summed E-state index contributed by atoms with van der Waals surface area (Å²) < 4.78 is 12.9. The highest BCUT2D eigenvalue weighted by Gasteiger charge is 2.28. The van der Waals surface area contributed by atoms with Gasteiger partial charge in [-0.1, -0.05) is 6.07 Å². The molecule has 0 spiro atoms. The first-order valence-corrected chi connectivity index (χ1v) is 6.51. The van der Waals surface area contributed by atoms with Gasteiger partial charge in [-0.15, -0.1) is 11.8 Å². The molecule has 0 bridgehead atoms. The van der Waals surface area contributed by atoms with E-state index < -0.39 is 12.0 Å². The van der Waals surface area contributed by atoms with Crippen LogP contribution in [0.5, 0.6) is 0 Å². The summed E-state index contributed by atoms with van der Waals surface area (Å²) >= 11 is 1.36. The van der Waals surface area contributed by atoms with E-state index in [0.29, 0.717) is 11.8 Å². The van der Waals surface area contributed by atoms with Crippen molar-refractivity contribution in [3.05, 3.63) is 30.1 Å². The molecule has 0 aromatic heterocycles. The molecule has 0 radical (unpaired) electrons. The highest BCUT2D eigenvalue weighted by Crippen LogP contribution is 2.23. The molecule has 3 nitrogen and oxygen atoms in total. The minimum absolute atomic E-state index is 0.294. The number of hydrogen-bond acceptors (Lipinski definition) is 3. The van der Waals surface area contributed by atoms with Crippen LogP contribution in [0.25, 0.3) is 0 Å². The van der Waals surface area contributed by atoms with E-state index in [9.17, 15) is 9.18 Å². The number of aliphatic carboxylic acids is 1. The third-order valence-corrected chi connectivity index (χ3v) is 3.61. The van der Waals surface area contributed by atoms with Crippen molar-refractivity contribution in [1.29, 1.82) is 0 Å². The summed E-state index contributed by atoms with van der Waals surface area (Å²) in [7, 11) is 0. The summed E-state index contributed by atoms with van der Waals surface area (Å²) in [6.45, 7) is 0. The second kappa shape index (κ2) is 5.51. The van der Waals surface area contributed by atoms with Crippen LogP contribution in [0.3, 0.4) is 0 Å². The lowest BCUT2D eigenvalue weighted by Crippen LogP contribution is -2.40. The van der Waals surface area contributed by atoms with E-state index in [1.807, 2.05) is 0 Å². The molecule has 2 N–H and O–H groups in total. The lowest BCUT2D eigenvalue weighted by molar-refractivity contribution is -0.138. The van der Waals surface area contributed by atoms with Crippen LogP contribution in [0, 0.1) is 5.82 Å². The SMILES string of the molecule is O=C(O)C(CSc1cccc(F)c1)NC1CC1. The van der Waals surface area contributed by atoms with Gasteiger partial charge in [0.25, 0.3) is 0 Å². The lowest BCUT2D eigenvalue weighted by atomic mass is 10.3. The van der Waals surface area contributed by atoms with E-state index in [1.165, 1.54) is 23.9 Å². The van der Waals surface area contributed by atoms with E-state index in [-0.39, 0.29) is 5.82 Å². The van der Waals surface area contributed by atoms with Gasteiger partial charge in [0, 0.05) is 16.7 Å². The molecule has 0 aliphatic heterocycles. The number of benzene rings is 1. The van der Waals surface area contributed by atoms with E-state index in [0.717, 1.165) is 17.7 Å². The van der Waals surface area contributed by atoms with Gasteiger partial charge in [-0.3, -0.25) is 4.79 Å². The first-order chi connectivity index (χ1) is 8.15. The number of thioether (sulfide) groups is 1. The molecule has 1 aliphatic rings. The van der Waals surface area contributed by atoms with Crippen molar-refractivity contribution in [3.63, 3.8) is 0 Å². The minimum Gasteiger partial charge on any atom is -0.480 e. The van der Waals surface area contributed by atoms with Gasteiger partial charge in [-0.05, 0) is 31.0 Å². The number of carboxylic acids is 1. The van der Waals surface area contributed by atoms with E-state index in [2.05, 4.69) is 5.32 Å². The van der Waals surface area contributed by atoms with Gasteiger partial charge >= 0.3 is 5.97 Å². The summed E-state index contributed by atoms with van der Waals surface area (Å²) in [5.41, 5.74) is 0. The van der Waals surface area contributed by atoms with Gasteiger partial charge in [-0.2, -0.15) is 0 Å². The Balaban J connectivity index is 1.87. The van der Waals surface area contributed by atoms with Crippen molar-refractivity contribution in [2.75, 3.05) is 5.75 Å². The number of halogens is 1. The Morgan fingerprint density at radius 1 is 1.59 bits per heavy atom. The Bertz CT molecular complexity index is 409. The molecule has 0 heterocycles. The van der Waals surface area contributed by atoms with Crippen LogP contribution in [-0.4, -0.2) is 28.9 Å². The first-order valence-electron chi connectivity index (χ1n) is 5.52. The second-order valence-corrected chi connectivity index (χ2v) is 5.19. The Hall–Kier alpha value is -1.07. The molecule has 0 saturated heterocycles. The van der Waals surface area contributed by atoms with Crippen molar-refractivity contribution in [2.24, 2.45) is 0 Å². The number of rotatable bonds is 6. The number of nitrogens with one attached hydrogen (secondary N) is 1. The van der Waals surface area contributed by atoms with Crippen molar-refractivity contribution < 1.29 is 14.3 Å². The minimum atomic E-state index is -0.846. The molecule has 1 saturated carbocycles. The normalized spacial score (nSPS) is 16.8. The molecule has 1 atom stereocenters. The summed E-state index contributed by atoms with van der Waals surface area (Å²) in [6, 6.07) is 5.99. The highest BCUT2D eigenvalue weighted by molar-refractivity contribution is 7.99. The first kappa shape index (κ1) is 12.4. The average Bonchev–Trinajstić information content (AvgIpc) is 3.07. The smallest absolute Gasteiger partial charge is 0.321 e. The monoisotopic (exact) mass is 255 g/mol. The Morgan fingerprint density at radius 2 is 2.35 bits per heavy atom. The quantitative estimate of drug-likeness (QED) is 0.764. The molecule has 0 amide bonds. The molecule has 1 aromatic carbocycles. The lowest BCUT2D eigenvalue weighted by Gasteiger charge is -2.13. The second-order valence-electron chi connectivity index (χ2n) is 4.10. The van der Waals surface area contributed by atoms with Gasteiger partial charge < -0.3 is 10.4 Å². The third kappa shape index (κ3) is 4.02. The largest absolute Gasteiger partial charge is 0.480 e. The summed E-state index contributed by atoms with van der Waals surface area (Å²) in [4.78, 5) is 11.8. The molecule has 1 fully saturated rings. The number of hydrogen-bond donors (Lipinski definition) is 2. The van der Waals surface area contributed by atoms with Crippen LogP contribution >= 0.6 is 11.8 Å². The van der Waals surface area contributed by atoms with Crippen LogP contribution in [0.1, 0.15) is 12.8 Å². The molecule has 17 heavy (non-hydrogen) atoms. The molecule has 1 aromatic rings. The Labute approximate surface area is 103 Å². The topological polar surface area (TPSA) is 49.3 Å².